The average molecular weight is 593 g/mol. The molecule has 4 heterocycles. The smallest absolute Gasteiger partial charge is 0.219 e. The Balaban J connectivity index is 1.29. The zero-order chi connectivity index (χ0) is 30.8. The largest absolute Gasteiger partial charge is 0.358 e. The number of aromatic nitrogens is 2. The van der Waals surface area contributed by atoms with Gasteiger partial charge >= 0.3 is 0 Å². The van der Waals surface area contributed by atoms with Crippen molar-refractivity contribution in [3.63, 3.8) is 0 Å². The molecule has 0 saturated carbocycles. The Kier molecular flexibility index (Phi) is 5.90. The summed E-state index contributed by atoms with van der Waals surface area (Å²) < 4.78 is 0. The molecule has 0 bridgehead atoms. The maximum Gasteiger partial charge on any atom is 0.219 e. The average Bonchev–Trinajstić information content (AvgIpc) is 3.83. The van der Waals surface area contributed by atoms with Crippen molar-refractivity contribution >= 4 is 56.5 Å². The minimum Gasteiger partial charge on any atom is -0.358 e. The third-order valence-electron chi connectivity index (χ3n) is 9.39. The molecule has 5 aromatic carbocycles. The molecule has 2 aliphatic heterocycles. The molecule has 0 atom stereocenters. The Morgan fingerprint density at radius 3 is 1.22 bits per heavy atom. The van der Waals surface area contributed by atoms with Crippen LogP contribution in [0.25, 0.3) is 45.1 Å². The van der Waals surface area contributed by atoms with Crippen LogP contribution in [0.15, 0.2) is 121 Å². The number of aromatic amines is 2. The second-order valence-electron chi connectivity index (χ2n) is 12.2. The van der Waals surface area contributed by atoms with Crippen molar-refractivity contribution in [1.82, 2.24) is 9.97 Å². The predicted octanol–water partition coefficient (Wildman–Crippen LogP) is 6.13. The lowest BCUT2D eigenvalue weighted by Crippen LogP contribution is -2.67. The van der Waals surface area contributed by atoms with Gasteiger partial charge in [0.15, 0.2) is 0 Å². The zero-order valence-corrected chi connectivity index (χ0v) is 25.7. The van der Waals surface area contributed by atoms with Gasteiger partial charge in [-0.15, -0.1) is 0 Å². The summed E-state index contributed by atoms with van der Waals surface area (Å²) in [4.78, 5) is 15.0. The highest BCUT2D eigenvalue weighted by molar-refractivity contribution is 6.20. The van der Waals surface area contributed by atoms with Crippen LogP contribution in [-0.4, -0.2) is 21.4 Å². The van der Waals surface area contributed by atoms with Crippen LogP contribution in [0.4, 0.5) is 0 Å². The molecule has 2 aromatic heterocycles. The summed E-state index contributed by atoms with van der Waals surface area (Å²) in [6.45, 7) is 4.29. The Bertz CT molecular complexity index is 2290. The van der Waals surface area contributed by atoms with Gasteiger partial charge in [0.05, 0.1) is 33.6 Å². The highest BCUT2D eigenvalue weighted by Gasteiger charge is 2.37. The lowest BCUT2D eigenvalue weighted by molar-refractivity contribution is -0.336. The van der Waals surface area contributed by atoms with Gasteiger partial charge in [-0.2, -0.15) is 0 Å². The molecule has 218 valence electrons. The molecular formula is C42H32N4+2. The minimum absolute atomic E-state index is 1.08. The van der Waals surface area contributed by atoms with Crippen LogP contribution in [0.3, 0.4) is 0 Å². The van der Waals surface area contributed by atoms with E-state index in [0.717, 1.165) is 45.3 Å². The van der Waals surface area contributed by atoms with E-state index in [9.17, 15) is 0 Å². The fourth-order valence-corrected chi connectivity index (χ4v) is 7.17. The fraction of sp³-hybridized carbons (Fsp3) is 0.0476. The van der Waals surface area contributed by atoms with E-state index in [4.69, 9.17) is 0 Å². The summed E-state index contributed by atoms with van der Waals surface area (Å²) >= 11 is 0. The highest BCUT2D eigenvalue weighted by atomic mass is 14.8. The standard InChI is InChI=1S/C42H30N4/c1-25-29-17-9-11-19-31(29)37(43-25)23-39-33-21-36-34(22-35(33)41(45-39)27-13-5-3-6-14-27)40(46-42(36)28-15-7-4-8-16-28)24-38-32-20-12-10-18-30(32)26(2)44-38/h3-24,43-44H,1-2H3/p+2/b39-23-,40-24-. The van der Waals surface area contributed by atoms with Crippen molar-refractivity contribution in [1.29, 1.82) is 0 Å². The van der Waals surface area contributed by atoms with E-state index in [1.807, 2.05) is 0 Å². The lowest BCUT2D eigenvalue weighted by atomic mass is 9.90. The maximum atomic E-state index is 3.85. The molecule has 0 unspecified atom stereocenters. The number of H-pyrrole nitrogens is 2. The first-order valence-electron chi connectivity index (χ1n) is 15.8. The molecule has 46 heavy (non-hydrogen) atoms. The van der Waals surface area contributed by atoms with Gasteiger partial charge in [-0.3, -0.25) is 0 Å². The van der Waals surface area contributed by atoms with Gasteiger partial charge in [-0.25, -0.2) is 9.98 Å². The Hall–Kier alpha value is -6.00. The molecule has 0 fully saturated rings. The second-order valence-corrected chi connectivity index (χ2v) is 12.2. The molecule has 7 aromatic rings. The van der Waals surface area contributed by atoms with Crippen molar-refractivity contribution in [3.8, 4) is 0 Å². The topological polar surface area (TPSA) is 59.5 Å². The Morgan fingerprint density at radius 1 is 0.435 bits per heavy atom. The monoisotopic (exact) mass is 592 g/mol. The van der Waals surface area contributed by atoms with E-state index in [2.05, 4.69) is 167 Å². The maximum absolute atomic E-state index is 3.85. The van der Waals surface area contributed by atoms with Crippen LogP contribution < -0.4 is 9.98 Å². The molecule has 0 aliphatic carbocycles. The zero-order valence-electron chi connectivity index (χ0n) is 25.7. The Morgan fingerprint density at radius 2 is 0.804 bits per heavy atom. The van der Waals surface area contributed by atoms with Gasteiger partial charge in [0.1, 0.15) is 0 Å². The number of hydrogen-bond acceptors (Lipinski definition) is 0. The van der Waals surface area contributed by atoms with Crippen LogP contribution in [0.2, 0.25) is 0 Å². The van der Waals surface area contributed by atoms with E-state index in [-0.39, 0.29) is 0 Å². The summed E-state index contributed by atoms with van der Waals surface area (Å²) in [6, 6.07) is 43.2. The van der Waals surface area contributed by atoms with E-state index >= 15 is 0 Å². The first kappa shape index (κ1) is 26.4. The molecule has 2 aliphatic rings. The van der Waals surface area contributed by atoms with Gasteiger partial charge in [-0.1, -0.05) is 84.9 Å². The van der Waals surface area contributed by atoms with Crippen LogP contribution >= 0.6 is 0 Å². The third-order valence-corrected chi connectivity index (χ3v) is 9.39. The first-order valence-corrected chi connectivity index (χ1v) is 15.8. The Labute approximate surface area is 267 Å². The van der Waals surface area contributed by atoms with E-state index < -0.39 is 0 Å². The molecule has 0 radical (unpaired) electrons. The summed E-state index contributed by atoms with van der Waals surface area (Å²) in [5.74, 6) is 0. The van der Waals surface area contributed by atoms with Gasteiger partial charge in [0.2, 0.25) is 22.8 Å². The molecule has 0 saturated heterocycles. The molecule has 4 heteroatoms. The normalized spacial score (nSPS) is 15.5. The molecule has 4 N–H and O–H groups in total. The summed E-state index contributed by atoms with van der Waals surface area (Å²) in [6.07, 6.45) is 4.54. The quantitative estimate of drug-likeness (QED) is 0.190. The number of aryl methyl sites for hydroxylation is 2. The minimum atomic E-state index is 1.08. The molecular weight excluding hydrogens is 560 g/mol. The van der Waals surface area contributed by atoms with Crippen molar-refractivity contribution < 1.29 is 9.98 Å². The van der Waals surface area contributed by atoms with Crippen LogP contribution in [0.1, 0.15) is 56.2 Å². The summed E-state index contributed by atoms with van der Waals surface area (Å²) in [5, 5.41) is 4.95. The van der Waals surface area contributed by atoms with Gasteiger partial charge in [-0.05, 0) is 50.2 Å². The lowest BCUT2D eigenvalue weighted by Gasteiger charge is -2.04. The summed E-state index contributed by atoms with van der Waals surface area (Å²) in [7, 11) is 0. The SMILES string of the molecule is Cc1[nH]c(/C=C2\[NH+]=C(c3ccccc3)c3cc4c(cc32)C(c2ccccc2)=[NH+]/C4=C\c2[nH]c(C)c3ccccc23)c2ccccc12. The number of nitrogens with one attached hydrogen (secondary N) is 4. The van der Waals surface area contributed by atoms with E-state index in [1.54, 1.807) is 0 Å². The van der Waals surface area contributed by atoms with Crippen molar-refractivity contribution in [2.24, 2.45) is 0 Å². The van der Waals surface area contributed by atoms with Crippen molar-refractivity contribution in [2.75, 3.05) is 0 Å². The van der Waals surface area contributed by atoms with Crippen LogP contribution in [0.5, 0.6) is 0 Å². The summed E-state index contributed by atoms with van der Waals surface area (Å²) in [5.41, 5.74) is 16.0. The molecule has 0 spiro atoms. The molecule has 0 amide bonds. The van der Waals surface area contributed by atoms with E-state index in [0.29, 0.717) is 0 Å². The first-order chi connectivity index (χ1) is 22.6. The number of rotatable bonds is 4. The van der Waals surface area contributed by atoms with Crippen molar-refractivity contribution in [2.45, 2.75) is 13.8 Å². The molecule has 4 nitrogen and oxygen atoms in total. The number of hydrogen-bond donors (Lipinski definition) is 4. The van der Waals surface area contributed by atoms with Crippen LogP contribution in [0, 0.1) is 13.8 Å². The van der Waals surface area contributed by atoms with Gasteiger partial charge in [0.25, 0.3) is 0 Å². The van der Waals surface area contributed by atoms with Gasteiger partial charge < -0.3 is 9.97 Å². The van der Waals surface area contributed by atoms with Crippen LogP contribution in [-0.2, 0) is 0 Å². The van der Waals surface area contributed by atoms with Gasteiger partial charge in [0, 0.05) is 56.2 Å². The highest BCUT2D eigenvalue weighted by Crippen LogP contribution is 2.34. The molecule has 9 rings (SSSR count). The van der Waals surface area contributed by atoms with E-state index in [1.165, 1.54) is 55.2 Å². The number of fused-ring (bicyclic) bond motifs is 4. The predicted molar refractivity (Wildman–Crippen MR) is 189 cm³/mol. The fourth-order valence-electron chi connectivity index (χ4n) is 7.17. The number of benzene rings is 5. The van der Waals surface area contributed by atoms with Crippen molar-refractivity contribution in [3.05, 3.63) is 177 Å². The second kappa shape index (κ2) is 10.3. The third kappa shape index (κ3) is 4.15.